The Morgan fingerprint density at radius 2 is 1.17 bits per heavy atom. The van der Waals surface area contributed by atoms with Crippen LogP contribution in [0.1, 0.15) is 0 Å². The Labute approximate surface area is 143 Å². The fourth-order valence-corrected chi connectivity index (χ4v) is 1.81. The quantitative estimate of drug-likeness (QED) is 0.263. The standard InChI is InChI=1S/C13H9N.2NO3.Pt/c1-2-6-11-10(5-1)9-14-13-8-4-3-7-12(11)13;2*2-1(3)4;/h1-9H;;;/q;2*-1;+2. The summed E-state index contributed by atoms with van der Waals surface area (Å²) in [5.41, 5.74) is 1.06. The van der Waals surface area contributed by atoms with Gasteiger partial charge in [0.25, 0.3) is 0 Å². The van der Waals surface area contributed by atoms with Crippen molar-refractivity contribution in [3.63, 3.8) is 0 Å². The molecule has 0 saturated carbocycles. The second-order valence-corrected chi connectivity index (χ2v) is 3.81. The van der Waals surface area contributed by atoms with Crippen LogP contribution < -0.4 is 0 Å². The van der Waals surface area contributed by atoms with Crippen molar-refractivity contribution in [1.82, 2.24) is 4.98 Å². The van der Waals surface area contributed by atoms with E-state index in [1.54, 1.807) is 0 Å². The van der Waals surface area contributed by atoms with Crippen LogP contribution in [0.4, 0.5) is 0 Å². The van der Waals surface area contributed by atoms with E-state index in [0.29, 0.717) is 0 Å². The van der Waals surface area contributed by atoms with Crippen LogP contribution in [0.2, 0.25) is 0 Å². The maximum absolute atomic E-state index is 8.25. The summed E-state index contributed by atoms with van der Waals surface area (Å²) in [6, 6.07) is 16.6. The van der Waals surface area contributed by atoms with Gasteiger partial charge in [-0.15, -0.1) is 0 Å². The number of hydrogen-bond acceptors (Lipinski definition) is 7. The van der Waals surface area contributed by atoms with Crippen molar-refractivity contribution >= 4 is 21.7 Å². The number of para-hydroxylation sites is 1. The van der Waals surface area contributed by atoms with E-state index in [1.807, 2.05) is 24.4 Å². The van der Waals surface area contributed by atoms with Crippen LogP contribution in [0.15, 0.2) is 54.7 Å². The van der Waals surface area contributed by atoms with Crippen LogP contribution in [-0.2, 0) is 21.1 Å². The van der Waals surface area contributed by atoms with E-state index < -0.39 is 10.2 Å². The van der Waals surface area contributed by atoms with Crippen molar-refractivity contribution in [1.29, 1.82) is 0 Å². The van der Waals surface area contributed by atoms with E-state index in [4.69, 9.17) is 30.6 Å². The molecule has 0 unspecified atom stereocenters. The molecule has 0 saturated heterocycles. The monoisotopic (exact) mass is 498 g/mol. The first-order valence-electron chi connectivity index (χ1n) is 5.77. The summed E-state index contributed by atoms with van der Waals surface area (Å²) in [6.07, 6.45) is 1.93. The predicted octanol–water partition coefficient (Wildman–Crippen LogP) is 2.91. The van der Waals surface area contributed by atoms with Crippen LogP contribution in [-0.4, -0.2) is 15.2 Å². The molecule has 2 aromatic carbocycles. The molecule has 0 aliphatic rings. The molecule has 10 heteroatoms. The van der Waals surface area contributed by atoms with Crippen LogP contribution >= 0.6 is 0 Å². The molecule has 0 aliphatic carbocycles. The summed E-state index contributed by atoms with van der Waals surface area (Å²) < 4.78 is 0. The number of fused-ring (bicyclic) bond motifs is 3. The molecule has 0 bridgehead atoms. The van der Waals surface area contributed by atoms with Crippen LogP contribution in [0.3, 0.4) is 0 Å². The largest absolute Gasteiger partial charge is 2.00 e. The Kier molecular flexibility index (Phi) is 8.79. The molecule has 0 amide bonds. The first-order valence-corrected chi connectivity index (χ1v) is 5.77. The van der Waals surface area contributed by atoms with Gasteiger partial charge in [0.15, 0.2) is 0 Å². The van der Waals surface area contributed by atoms with Crippen molar-refractivity contribution in [2.45, 2.75) is 0 Å². The number of nitrogens with zero attached hydrogens (tertiary/aromatic N) is 3. The van der Waals surface area contributed by atoms with Gasteiger partial charge >= 0.3 is 21.1 Å². The van der Waals surface area contributed by atoms with Gasteiger partial charge in [0.1, 0.15) is 0 Å². The predicted molar refractivity (Wildman–Crippen MR) is 80.0 cm³/mol. The number of aromatic nitrogens is 1. The Balaban J connectivity index is 0.000000461. The van der Waals surface area contributed by atoms with Gasteiger partial charge in [-0.1, -0.05) is 42.5 Å². The number of pyridine rings is 1. The Bertz CT molecular complexity index is 724. The Hall–Kier alpha value is -2.80. The zero-order valence-electron chi connectivity index (χ0n) is 11.3. The molecule has 0 atom stereocenters. The minimum absolute atomic E-state index is 0. The number of benzene rings is 2. The number of rotatable bonds is 0. The van der Waals surface area contributed by atoms with Gasteiger partial charge in [-0.3, -0.25) is 4.98 Å². The van der Waals surface area contributed by atoms with Crippen molar-refractivity contribution in [3.05, 3.63) is 85.4 Å². The molecule has 122 valence electrons. The second kappa shape index (κ2) is 10.0. The maximum atomic E-state index is 8.25. The minimum Gasteiger partial charge on any atom is -0.356 e. The molecular weight excluding hydrogens is 489 g/mol. The summed E-state index contributed by atoms with van der Waals surface area (Å²) in [5, 5.41) is 33.2. The van der Waals surface area contributed by atoms with Gasteiger partial charge < -0.3 is 30.6 Å². The normalized spacial score (nSPS) is 8.70. The minimum atomic E-state index is -1.75. The molecule has 0 fully saturated rings. The van der Waals surface area contributed by atoms with Crippen molar-refractivity contribution in [2.75, 3.05) is 0 Å². The van der Waals surface area contributed by atoms with E-state index in [-0.39, 0.29) is 21.1 Å². The fraction of sp³-hybridized carbons (Fsp3) is 0. The smallest absolute Gasteiger partial charge is 0.356 e. The maximum Gasteiger partial charge on any atom is 2.00 e. The zero-order chi connectivity index (χ0) is 16.5. The molecule has 23 heavy (non-hydrogen) atoms. The Morgan fingerprint density at radius 1 is 0.739 bits per heavy atom. The molecular formula is C13H9N3O6Pt. The zero-order valence-corrected chi connectivity index (χ0v) is 13.6. The van der Waals surface area contributed by atoms with Crippen molar-refractivity contribution in [2.24, 2.45) is 0 Å². The van der Waals surface area contributed by atoms with E-state index in [1.165, 1.54) is 16.2 Å². The van der Waals surface area contributed by atoms with Gasteiger partial charge in [0.05, 0.1) is 15.7 Å². The SMILES string of the molecule is O=[N+]([O-])[O-].O=[N+]([O-])[O-].[Pt+2].c1ccc2c(c1)cnc1ccccc12. The first kappa shape index (κ1) is 20.2. The molecule has 0 N–H and O–H groups in total. The van der Waals surface area contributed by atoms with Gasteiger partial charge in [-0.2, -0.15) is 0 Å². The molecule has 1 heterocycles. The van der Waals surface area contributed by atoms with Crippen molar-refractivity contribution < 1.29 is 31.2 Å². The van der Waals surface area contributed by atoms with Crippen molar-refractivity contribution in [3.8, 4) is 0 Å². The fourth-order valence-electron chi connectivity index (χ4n) is 1.81. The van der Waals surface area contributed by atoms with Gasteiger partial charge in [-0.25, -0.2) is 0 Å². The third kappa shape index (κ3) is 7.14. The second-order valence-electron chi connectivity index (χ2n) is 3.81. The third-order valence-electron chi connectivity index (χ3n) is 2.50. The molecule has 9 nitrogen and oxygen atoms in total. The average Bonchev–Trinajstić information content (AvgIpc) is 2.46. The summed E-state index contributed by atoms with van der Waals surface area (Å²) in [5.74, 6) is 0. The van der Waals surface area contributed by atoms with E-state index in [9.17, 15) is 0 Å². The molecule has 3 aromatic rings. The van der Waals surface area contributed by atoms with Gasteiger partial charge in [0, 0.05) is 17.0 Å². The van der Waals surface area contributed by atoms with Gasteiger partial charge in [-0.05, 0) is 11.5 Å². The first-order chi connectivity index (χ1) is 10.4. The molecule has 1 aromatic heterocycles. The molecule has 0 radical (unpaired) electrons. The third-order valence-corrected chi connectivity index (χ3v) is 2.50. The summed E-state index contributed by atoms with van der Waals surface area (Å²) in [4.78, 5) is 20.9. The van der Waals surface area contributed by atoms with E-state index in [2.05, 4.69) is 35.3 Å². The summed E-state index contributed by atoms with van der Waals surface area (Å²) in [7, 11) is 0. The molecule has 0 spiro atoms. The van der Waals surface area contributed by atoms with Crippen LogP contribution in [0, 0.1) is 30.6 Å². The van der Waals surface area contributed by atoms with Crippen LogP contribution in [0.5, 0.6) is 0 Å². The molecule has 3 rings (SSSR count). The van der Waals surface area contributed by atoms with Crippen LogP contribution in [0.25, 0.3) is 21.7 Å². The average molecular weight is 498 g/mol. The van der Waals surface area contributed by atoms with Gasteiger partial charge in [0.2, 0.25) is 0 Å². The number of hydrogen-bond donors (Lipinski definition) is 0. The summed E-state index contributed by atoms with van der Waals surface area (Å²) >= 11 is 0. The van der Waals surface area contributed by atoms with E-state index >= 15 is 0 Å². The van der Waals surface area contributed by atoms with E-state index in [0.717, 1.165) is 5.52 Å². The topological polar surface area (TPSA) is 145 Å². The molecule has 0 aliphatic heterocycles. The summed E-state index contributed by atoms with van der Waals surface area (Å²) in [6.45, 7) is 0. The Morgan fingerprint density at radius 3 is 1.74 bits per heavy atom.